The molecule has 166 valence electrons. The van der Waals surface area contributed by atoms with Crippen LogP contribution < -0.4 is 5.32 Å². The molecule has 0 spiro atoms. The maximum Gasteiger partial charge on any atom is 0.190 e. The van der Waals surface area contributed by atoms with Gasteiger partial charge in [-0.25, -0.2) is 9.97 Å². The first-order valence-electron chi connectivity index (χ1n) is 10.9. The average Bonchev–Trinajstić information content (AvgIpc) is 3.26. The van der Waals surface area contributed by atoms with E-state index in [0.717, 1.165) is 33.5 Å². The zero-order chi connectivity index (χ0) is 22.5. The number of benzene rings is 1. The van der Waals surface area contributed by atoms with E-state index in [1.54, 1.807) is 6.20 Å². The molecule has 0 bridgehead atoms. The summed E-state index contributed by atoms with van der Waals surface area (Å²) in [7, 11) is 0. The van der Waals surface area contributed by atoms with Gasteiger partial charge in [-0.1, -0.05) is 62.9 Å². The maximum atomic E-state index is 9.95. The van der Waals surface area contributed by atoms with Gasteiger partial charge in [0.2, 0.25) is 0 Å². The van der Waals surface area contributed by atoms with Crippen LogP contribution in [0.25, 0.3) is 22.3 Å². The van der Waals surface area contributed by atoms with Crippen molar-refractivity contribution in [3.63, 3.8) is 0 Å². The van der Waals surface area contributed by atoms with Gasteiger partial charge in [-0.05, 0) is 30.0 Å². The number of nitrogens with one attached hydrogen (secondary N) is 2. The largest absolute Gasteiger partial charge is 0.392 e. The van der Waals surface area contributed by atoms with Gasteiger partial charge < -0.3 is 10.4 Å². The molecule has 7 nitrogen and oxygen atoms in total. The number of H-pyrrole nitrogens is 1. The third-order valence-electron chi connectivity index (χ3n) is 5.23. The monoisotopic (exact) mass is 448 g/mol. The number of aliphatic hydroxyl groups excluding tert-OH is 1. The maximum absolute atomic E-state index is 9.95. The lowest BCUT2D eigenvalue weighted by atomic mass is 10.1. The van der Waals surface area contributed by atoms with Gasteiger partial charge in [0.05, 0.1) is 17.5 Å². The lowest BCUT2D eigenvalue weighted by Crippen LogP contribution is -2.09. The van der Waals surface area contributed by atoms with Crippen LogP contribution in [0.3, 0.4) is 0 Å². The number of aromatic amines is 1. The van der Waals surface area contributed by atoms with Crippen LogP contribution in [0.2, 0.25) is 0 Å². The number of rotatable bonds is 9. The molecule has 0 aliphatic carbocycles. The molecule has 0 aliphatic heterocycles. The average molecular weight is 449 g/mol. The molecule has 0 amide bonds. The number of aliphatic hydroxyl groups is 1. The van der Waals surface area contributed by atoms with E-state index in [0.29, 0.717) is 29.7 Å². The number of aromatic nitrogens is 5. The van der Waals surface area contributed by atoms with E-state index in [9.17, 15) is 5.11 Å². The molecule has 4 aromatic rings. The fourth-order valence-electron chi connectivity index (χ4n) is 3.29. The van der Waals surface area contributed by atoms with E-state index in [1.165, 1.54) is 11.8 Å². The van der Waals surface area contributed by atoms with E-state index in [4.69, 9.17) is 9.97 Å². The third kappa shape index (κ3) is 5.08. The summed E-state index contributed by atoms with van der Waals surface area (Å²) in [4.78, 5) is 13.8. The Bertz CT molecular complexity index is 1160. The number of anilines is 1. The Morgan fingerprint density at radius 2 is 1.88 bits per heavy atom. The predicted octanol–water partition coefficient (Wildman–Crippen LogP) is 5.01. The van der Waals surface area contributed by atoms with Gasteiger partial charge >= 0.3 is 0 Å². The SMILES string of the molecule is CCC(O)CSc1nc(NCc2ccc(-c3ccccn3)cc2)c2n[nH]c(C(C)C)c2n1. The molecule has 3 heterocycles. The zero-order valence-corrected chi connectivity index (χ0v) is 19.4. The van der Waals surface area contributed by atoms with Crippen LogP contribution in [0.4, 0.5) is 5.82 Å². The van der Waals surface area contributed by atoms with Crippen molar-refractivity contribution in [2.75, 3.05) is 11.1 Å². The summed E-state index contributed by atoms with van der Waals surface area (Å²) in [5.41, 5.74) is 5.73. The number of fused-ring (bicyclic) bond motifs is 1. The highest BCUT2D eigenvalue weighted by atomic mass is 32.2. The van der Waals surface area contributed by atoms with Crippen molar-refractivity contribution in [2.45, 2.75) is 50.9 Å². The van der Waals surface area contributed by atoms with Gasteiger partial charge in [0.15, 0.2) is 16.5 Å². The Labute approximate surface area is 192 Å². The molecule has 0 saturated carbocycles. The van der Waals surface area contributed by atoms with E-state index < -0.39 is 0 Å². The van der Waals surface area contributed by atoms with Crippen molar-refractivity contribution >= 4 is 28.6 Å². The Kier molecular flexibility index (Phi) is 7.02. The second-order valence-corrected chi connectivity index (χ2v) is 8.97. The molecule has 0 aliphatic rings. The first-order valence-corrected chi connectivity index (χ1v) is 11.8. The summed E-state index contributed by atoms with van der Waals surface area (Å²) < 4.78 is 0. The fraction of sp³-hybridized carbons (Fsp3) is 0.333. The second-order valence-electron chi connectivity index (χ2n) is 7.98. The lowest BCUT2D eigenvalue weighted by molar-refractivity contribution is 0.195. The number of hydrogen-bond acceptors (Lipinski definition) is 7. The van der Waals surface area contributed by atoms with Crippen molar-refractivity contribution in [1.82, 2.24) is 25.1 Å². The molecule has 1 aromatic carbocycles. The summed E-state index contributed by atoms with van der Waals surface area (Å²) >= 11 is 1.47. The standard InChI is InChI=1S/C24H28N6OS/c1-4-18(31)14-32-24-27-21-20(15(2)3)29-30-22(21)23(28-24)26-13-16-8-10-17(11-9-16)19-7-5-6-12-25-19/h5-12,15,18,31H,4,13-14H2,1-3H3,(H,29,30)(H,26,27,28). The Morgan fingerprint density at radius 1 is 1.06 bits per heavy atom. The first-order chi connectivity index (χ1) is 15.5. The summed E-state index contributed by atoms with van der Waals surface area (Å²) in [5.74, 6) is 1.52. The summed E-state index contributed by atoms with van der Waals surface area (Å²) in [5, 5.41) is 21.6. The minimum absolute atomic E-state index is 0.265. The highest BCUT2D eigenvalue weighted by Gasteiger charge is 2.17. The van der Waals surface area contributed by atoms with Crippen LogP contribution in [0.5, 0.6) is 0 Å². The molecule has 0 fully saturated rings. The van der Waals surface area contributed by atoms with Crippen LogP contribution in [-0.2, 0) is 6.54 Å². The van der Waals surface area contributed by atoms with Crippen molar-refractivity contribution in [3.05, 3.63) is 59.9 Å². The van der Waals surface area contributed by atoms with E-state index >= 15 is 0 Å². The number of thioether (sulfide) groups is 1. The summed E-state index contributed by atoms with van der Waals surface area (Å²) in [6, 6.07) is 14.2. The van der Waals surface area contributed by atoms with E-state index in [-0.39, 0.29) is 12.0 Å². The van der Waals surface area contributed by atoms with Crippen molar-refractivity contribution in [2.24, 2.45) is 0 Å². The summed E-state index contributed by atoms with van der Waals surface area (Å²) in [6.07, 6.45) is 2.13. The van der Waals surface area contributed by atoms with Gasteiger partial charge in [0.1, 0.15) is 5.52 Å². The highest BCUT2D eigenvalue weighted by molar-refractivity contribution is 7.99. The molecule has 0 radical (unpaired) electrons. The molecule has 4 rings (SSSR count). The normalized spacial score (nSPS) is 12.4. The van der Waals surface area contributed by atoms with Gasteiger partial charge in [-0.2, -0.15) is 5.10 Å². The highest BCUT2D eigenvalue weighted by Crippen LogP contribution is 2.29. The minimum Gasteiger partial charge on any atom is -0.392 e. The minimum atomic E-state index is -0.373. The number of nitrogens with zero attached hydrogens (tertiary/aromatic N) is 4. The number of hydrogen-bond donors (Lipinski definition) is 3. The second kappa shape index (κ2) is 10.1. The predicted molar refractivity (Wildman–Crippen MR) is 130 cm³/mol. The van der Waals surface area contributed by atoms with Crippen LogP contribution in [0.1, 0.15) is 44.4 Å². The lowest BCUT2D eigenvalue weighted by Gasteiger charge is -2.11. The molecule has 3 aromatic heterocycles. The molecule has 8 heteroatoms. The Hall–Kier alpha value is -2.97. The topological polar surface area (TPSA) is 99.6 Å². The first kappa shape index (κ1) is 22.2. The zero-order valence-electron chi connectivity index (χ0n) is 18.5. The third-order valence-corrected chi connectivity index (χ3v) is 6.23. The molecule has 32 heavy (non-hydrogen) atoms. The molecular weight excluding hydrogens is 420 g/mol. The quantitative estimate of drug-likeness (QED) is 0.244. The fourth-order valence-corrected chi connectivity index (χ4v) is 4.18. The van der Waals surface area contributed by atoms with Gasteiger partial charge in [-0.3, -0.25) is 10.1 Å². The van der Waals surface area contributed by atoms with Crippen molar-refractivity contribution in [1.29, 1.82) is 0 Å². The van der Waals surface area contributed by atoms with E-state index in [1.807, 2.05) is 25.1 Å². The van der Waals surface area contributed by atoms with Crippen molar-refractivity contribution in [3.8, 4) is 11.3 Å². The van der Waals surface area contributed by atoms with Crippen LogP contribution in [0, 0.1) is 0 Å². The van der Waals surface area contributed by atoms with Crippen LogP contribution >= 0.6 is 11.8 Å². The molecule has 0 saturated heterocycles. The van der Waals surface area contributed by atoms with E-state index in [2.05, 4.69) is 58.6 Å². The Balaban J connectivity index is 1.56. The smallest absolute Gasteiger partial charge is 0.190 e. The summed E-state index contributed by atoms with van der Waals surface area (Å²) in [6.45, 7) is 6.80. The van der Waals surface area contributed by atoms with Crippen molar-refractivity contribution < 1.29 is 5.11 Å². The van der Waals surface area contributed by atoms with Crippen LogP contribution in [0.15, 0.2) is 53.8 Å². The van der Waals surface area contributed by atoms with Gasteiger partial charge in [-0.15, -0.1) is 0 Å². The van der Waals surface area contributed by atoms with Gasteiger partial charge in [0.25, 0.3) is 0 Å². The molecule has 3 N–H and O–H groups in total. The molecule has 1 atom stereocenters. The molecular formula is C24H28N6OS. The van der Waals surface area contributed by atoms with Crippen LogP contribution in [-0.4, -0.2) is 42.1 Å². The number of pyridine rings is 1. The molecule has 1 unspecified atom stereocenters. The Morgan fingerprint density at radius 3 is 2.56 bits per heavy atom. The van der Waals surface area contributed by atoms with Gasteiger partial charge in [0, 0.05) is 24.1 Å².